The highest BCUT2D eigenvalue weighted by molar-refractivity contribution is 9.10. The van der Waals surface area contributed by atoms with Crippen molar-refractivity contribution in [2.75, 3.05) is 0 Å². The van der Waals surface area contributed by atoms with Gasteiger partial charge in [-0.3, -0.25) is 10.1 Å². The van der Waals surface area contributed by atoms with Crippen molar-refractivity contribution in [2.45, 2.75) is 12.7 Å². The van der Waals surface area contributed by atoms with Gasteiger partial charge in [0.2, 0.25) is 11.5 Å². The molecule has 1 N–H and O–H groups in total. The Hall–Kier alpha value is -1.92. The number of benzene rings is 2. The molecule has 0 aliphatic heterocycles. The number of nitro benzene ring substituents is 1. The third-order valence-corrected chi connectivity index (χ3v) is 3.23. The topological polar surface area (TPSA) is 72.6 Å². The Bertz CT molecular complexity index is 628. The standard InChI is InChI=1S/C14H12BrNO4/c1-14(17,10-5-3-2-4-6-10)20-13-9-11(15)7-8-12(13)16(18)19/h2-9,17H,1H3. The molecular formula is C14H12BrNO4. The van der Waals surface area contributed by atoms with Crippen LogP contribution < -0.4 is 4.74 Å². The van der Waals surface area contributed by atoms with Crippen LogP contribution in [0.3, 0.4) is 0 Å². The van der Waals surface area contributed by atoms with Crippen LogP contribution in [0.2, 0.25) is 0 Å². The second kappa shape index (κ2) is 5.60. The van der Waals surface area contributed by atoms with Crippen molar-refractivity contribution in [3.05, 3.63) is 68.7 Å². The van der Waals surface area contributed by atoms with Gasteiger partial charge in [0.1, 0.15) is 0 Å². The van der Waals surface area contributed by atoms with E-state index < -0.39 is 10.7 Å². The Balaban J connectivity index is 2.39. The summed E-state index contributed by atoms with van der Waals surface area (Å²) in [5.74, 6) is -1.66. The number of ether oxygens (including phenoxy) is 1. The minimum atomic E-state index is -1.66. The van der Waals surface area contributed by atoms with Crippen LogP contribution in [0, 0.1) is 10.1 Å². The number of rotatable bonds is 4. The Morgan fingerprint density at radius 1 is 1.25 bits per heavy atom. The zero-order valence-electron chi connectivity index (χ0n) is 10.6. The Labute approximate surface area is 124 Å². The highest BCUT2D eigenvalue weighted by Crippen LogP contribution is 2.34. The van der Waals surface area contributed by atoms with Crippen molar-refractivity contribution in [1.82, 2.24) is 0 Å². The van der Waals surface area contributed by atoms with Gasteiger partial charge in [-0.1, -0.05) is 46.3 Å². The third-order valence-electron chi connectivity index (χ3n) is 2.74. The van der Waals surface area contributed by atoms with E-state index in [4.69, 9.17) is 4.74 Å². The molecule has 20 heavy (non-hydrogen) atoms. The van der Waals surface area contributed by atoms with Crippen LogP contribution in [-0.2, 0) is 5.79 Å². The van der Waals surface area contributed by atoms with Crippen LogP contribution in [0.1, 0.15) is 12.5 Å². The van der Waals surface area contributed by atoms with Gasteiger partial charge in [-0.25, -0.2) is 0 Å². The average Bonchev–Trinajstić information content (AvgIpc) is 2.39. The van der Waals surface area contributed by atoms with Gasteiger partial charge in [-0.15, -0.1) is 0 Å². The molecule has 0 saturated heterocycles. The quantitative estimate of drug-likeness (QED) is 0.525. The first-order valence-electron chi connectivity index (χ1n) is 5.81. The molecule has 1 unspecified atom stereocenters. The summed E-state index contributed by atoms with van der Waals surface area (Å²) in [4.78, 5) is 10.4. The molecule has 2 rings (SSSR count). The first kappa shape index (κ1) is 14.5. The molecule has 0 bridgehead atoms. The lowest BCUT2D eigenvalue weighted by atomic mass is 10.1. The maximum absolute atomic E-state index is 11.0. The van der Waals surface area contributed by atoms with E-state index in [0.29, 0.717) is 10.0 Å². The number of nitro groups is 1. The molecule has 6 heteroatoms. The maximum Gasteiger partial charge on any atom is 0.311 e. The van der Waals surface area contributed by atoms with E-state index in [1.807, 2.05) is 0 Å². The smallest absolute Gasteiger partial charge is 0.311 e. The second-order valence-electron chi connectivity index (χ2n) is 4.32. The van der Waals surface area contributed by atoms with E-state index in [1.54, 1.807) is 36.4 Å². The molecule has 2 aromatic rings. The van der Waals surface area contributed by atoms with Crippen LogP contribution in [0.5, 0.6) is 5.75 Å². The van der Waals surface area contributed by atoms with E-state index in [-0.39, 0.29) is 11.4 Å². The predicted molar refractivity (Wildman–Crippen MR) is 77.4 cm³/mol. The van der Waals surface area contributed by atoms with Gasteiger partial charge in [0.25, 0.3) is 0 Å². The normalized spacial score (nSPS) is 13.6. The highest BCUT2D eigenvalue weighted by Gasteiger charge is 2.28. The van der Waals surface area contributed by atoms with Crippen molar-refractivity contribution in [3.8, 4) is 5.75 Å². The molecule has 0 saturated carbocycles. The third kappa shape index (κ3) is 3.15. The van der Waals surface area contributed by atoms with E-state index in [2.05, 4.69) is 15.9 Å². The summed E-state index contributed by atoms with van der Waals surface area (Å²) in [6.45, 7) is 1.44. The fourth-order valence-electron chi connectivity index (χ4n) is 1.74. The maximum atomic E-state index is 11.0. The van der Waals surface area contributed by atoms with Gasteiger partial charge in [-0.2, -0.15) is 0 Å². The molecule has 0 heterocycles. The van der Waals surface area contributed by atoms with E-state index >= 15 is 0 Å². The SMILES string of the molecule is CC(O)(Oc1cc(Br)ccc1[N+](=O)[O-])c1ccccc1. The molecule has 104 valence electrons. The minimum Gasteiger partial charge on any atom is -0.451 e. The molecule has 1 atom stereocenters. The van der Waals surface area contributed by atoms with Crippen molar-refractivity contribution in [2.24, 2.45) is 0 Å². The van der Waals surface area contributed by atoms with Crippen LogP contribution in [0.4, 0.5) is 5.69 Å². The number of hydrogen-bond acceptors (Lipinski definition) is 4. The fraction of sp³-hybridized carbons (Fsp3) is 0.143. The average molecular weight is 338 g/mol. The van der Waals surface area contributed by atoms with Gasteiger partial charge in [0, 0.05) is 29.1 Å². The van der Waals surface area contributed by atoms with Crippen molar-refractivity contribution in [3.63, 3.8) is 0 Å². The second-order valence-corrected chi connectivity index (χ2v) is 5.24. The summed E-state index contributed by atoms with van der Waals surface area (Å²) in [7, 11) is 0. The lowest BCUT2D eigenvalue weighted by molar-refractivity contribution is -0.386. The minimum absolute atomic E-state index is 0.00164. The van der Waals surface area contributed by atoms with Crippen LogP contribution >= 0.6 is 15.9 Å². The van der Waals surface area contributed by atoms with Crippen molar-refractivity contribution >= 4 is 21.6 Å². The van der Waals surface area contributed by atoms with Crippen LogP contribution in [-0.4, -0.2) is 10.0 Å². The molecule has 0 amide bonds. The molecule has 2 aromatic carbocycles. The molecule has 0 aliphatic carbocycles. The predicted octanol–water partition coefficient (Wildman–Crippen LogP) is 3.60. The van der Waals surface area contributed by atoms with E-state index in [0.717, 1.165) is 0 Å². The van der Waals surface area contributed by atoms with Gasteiger partial charge in [0.05, 0.1) is 4.92 Å². The molecule has 0 aliphatic rings. The summed E-state index contributed by atoms with van der Waals surface area (Å²) in [6, 6.07) is 13.0. The Kier molecular flexibility index (Phi) is 4.06. The lowest BCUT2D eigenvalue weighted by Gasteiger charge is -2.25. The molecule has 5 nitrogen and oxygen atoms in total. The van der Waals surface area contributed by atoms with E-state index in [1.165, 1.54) is 19.1 Å². The fourth-order valence-corrected chi connectivity index (χ4v) is 2.08. The summed E-state index contributed by atoms with van der Waals surface area (Å²) < 4.78 is 6.07. The highest BCUT2D eigenvalue weighted by atomic mass is 79.9. The zero-order valence-corrected chi connectivity index (χ0v) is 12.2. The summed E-state index contributed by atoms with van der Waals surface area (Å²) in [6.07, 6.45) is 0. The Morgan fingerprint density at radius 2 is 1.90 bits per heavy atom. The zero-order chi connectivity index (χ0) is 14.8. The van der Waals surface area contributed by atoms with Gasteiger partial charge in [-0.05, 0) is 6.07 Å². The Morgan fingerprint density at radius 3 is 2.50 bits per heavy atom. The van der Waals surface area contributed by atoms with Gasteiger partial charge < -0.3 is 9.84 Å². The van der Waals surface area contributed by atoms with Gasteiger partial charge >= 0.3 is 5.69 Å². The van der Waals surface area contributed by atoms with Crippen LogP contribution in [0.15, 0.2) is 53.0 Å². The monoisotopic (exact) mass is 337 g/mol. The molecular weight excluding hydrogens is 326 g/mol. The van der Waals surface area contributed by atoms with Crippen LogP contribution in [0.25, 0.3) is 0 Å². The van der Waals surface area contributed by atoms with E-state index in [9.17, 15) is 15.2 Å². The summed E-state index contributed by atoms with van der Waals surface area (Å²) in [5, 5.41) is 21.4. The molecule has 0 aromatic heterocycles. The van der Waals surface area contributed by atoms with Crippen molar-refractivity contribution in [1.29, 1.82) is 0 Å². The first-order chi connectivity index (χ1) is 9.40. The summed E-state index contributed by atoms with van der Waals surface area (Å²) >= 11 is 3.22. The van der Waals surface area contributed by atoms with Crippen molar-refractivity contribution < 1.29 is 14.8 Å². The first-order valence-corrected chi connectivity index (χ1v) is 6.60. The number of aliphatic hydroxyl groups is 1. The summed E-state index contributed by atoms with van der Waals surface area (Å²) in [5.41, 5.74) is 0.304. The molecule has 0 fully saturated rings. The largest absolute Gasteiger partial charge is 0.451 e. The number of hydrogen-bond donors (Lipinski definition) is 1. The molecule has 0 radical (unpaired) electrons. The number of nitrogens with zero attached hydrogens (tertiary/aromatic N) is 1. The number of halogens is 1. The molecule has 0 spiro atoms. The lowest BCUT2D eigenvalue weighted by Crippen LogP contribution is -2.29. The van der Waals surface area contributed by atoms with Gasteiger partial charge in [0.15, 0.2) is 0 Å².